The number of hydrogen-bond donors (Lipinski definition) is 0. The summed E-state index contributed by atoms with van der Waals surface area (Å²) in [5.41, 5.74) is 0.960. The van der Waals surface area contributed by atoms with Crippen LogP contribution in [0.3, 0.4) is 0 Å². The molecule has 2 fully saturated rings. The summed E-state index contributed by atoms with van der Waals surface area (Å²) in [6.07, 6.45) is 1.27. The van der Waals surface area contributed by atoms with Crippen LogP contribution in [0, 0.1) is 28.9 Å². The van der Waals surface area contributed by atoms with E-state index in [9.17, 15) is 18.5 Å². The Kier molecular flexibility index (Phi) is 3.49. The van der Waals surface area contributed by atoms with Gasteiger partial charge < -0.3 is 0 Å². The van der Waals surface area contributed by atoms with Crippen molar-refractivity contribution in [2.24, 2.45) is 11.8 Å². The number of nitro groups is 1. The predicted molar refractivity (Wildman–Crippen MR) is 74.9 cm³/mol. The van der Waals surface area contributed by atoms with Gasteiger partial charge in [0.25, 0.3) is 10.1 Å². The lowest BCUT2D eigenvalue weighted by Crippen LogP contribution is -2.37. The fourth-order valence-electron chi connectivity index (χ4n) is 3.53. The Morgan fingerprint density at radius 1 is 1.19 bits per heavy atom. The van der Waals surface area contributed by atoms with Crippen LogP contribution in [0.15, 0.2) is 29.2 Å². The monoisotopic (exact) mass is 311 g/mol. The molecular formula is C14H17NO5S. The molecular weight excluding hydrogens is 294 g/mol. The minimum Gasteiger partial charge on any atom is -0.264 e. The molecule has 2 bridgehead atoms. The van der Waals surface area contributed by atoms with Crippen LogP contribution in [0.4, 0.5) is 0 Å². The van der Waals surface area contributed by atoms with Crippen molar-refractivity contribution in [1.82, 2.24) is 0 Å². The van der Waals surface area contributed by atoms with E-state index in [1.54, 1.807) is 12.1 Å². The average Bonchev–Trinajstić information content (AvgIpc) is 2.98. The van der Waals surface area contributed by atoms with Gasteiger partial charge in [-0.05, 0) is 37.8 Å². The zero-order valence-corrected chi connectivity index (χ0v) is 12.5. The zero-order valence-electron chi connectivity index (χ0n) is 11.6. The van der Waals surface area contributed by atoms with Crippen molar-refractivity contribution in [3.63, 3.8) is 0 Å². The van der Waals surface area contributed by atoms with Crippen molar-refractivity contribution < 1.29 is 17.5 Å². The molecule has 21 heavy (non-hydrogen) atoms. The highest BCUT2D eigenvalue weighted by Crippen LogP contribution is 2.47. The first-order valence-corrected chi connectivity index (χ1v) is 8.41. The number of fused-ring (bicyclic) bond motifs is 2. The van der Waals surface area contributed by atoms with Crippen LogP contribution in [0.25, 0.3) is 0 Å². The van der Waals surface area contributed by atoms with Crippen molar-refractivity contribution in [2.75, 3.05) is 0 Å². The first kappa shape index (κ1) is 14.5. The second-order valence-electron chi connectivity index (χ2n) is 5.99. The molecule has 0 spiro atoms. The van der Waals surface area contributed by atoms with Crippen LogP contribution in [-0.4, -0.2) is 25.5 Å². The standard InChI is InChI=1S/C14H17NO5S/c1-9-2-4-11(5-3-9)21(18,19)20-14-8-10-6-12(14)13(7-10)15(16)17/h2-5,10,12-14H,6-8H2,1H3/t10-,12+,13-,14+/m1/s1. The van der Waals surface area contributed by atoms with Gasteiger partial charge in [0.1, 0.15) is 0 Å². The van der Waals surface area contributed by atoms with E-state index in [1.807, 2.05) is 6.92 Å². The zero-order chi connectivity index (χ0) is 15.2. The summed E-state index contributed by atoms with van der Waals surface area (Å²) in [6.45, 7) is 1.87. The summed E-state index contributed by atoms with van der Waals surface area (Å²) in [5.74, 6) is -0.0751. The maximum absolute atomic E-state index is 12.3. The first-order valence-electron chi connectivity index (χ1n) is 7.00. The molecule has 1 aromatic carbocycles. The first-order chi connectivity index (χ1) is 9.87. The van der Waals surface area contributed by atoms with Crippen LogP contribution in [0.1, 0.15) is 24.8 Å². The van der Waals surface area contributed by atoms with Gasteiger partial charge >= 0.3 is 0 Å². The van der Waals surface area contributed by atoms with Crippen LogP contribution >= 0.6 is 0 Å². The highest BCUT2D eigenvalue weighted by molar-refractivity contribution is 7.86. The maximum atomic E-state index is 12.3. The molecule has 0 heterocycles. The van der Waals surface area contributed by atoms with E-state index in [-0.39, 0.29) is 21.7 Å². The minimum atomic E-state index is -3.85. The largest absolute Gasteiger partial charge is 0.297 e. The van der Waals surface area contributed by atoms with E-state index in [1.165, 1.54) is 12.1 Å². The molecule has 114 valence electrons. The molecule has 0 amide bonds. The molecule has 0 N–H and O–H groups in total. The number of hydrogen-bond acceptors (Lipinski definition) is 5. The maximum Gasteiger partial charge on any atom is 0.297 e. The van der Waals surface area contributed by atoms with Crippen molar-refractivity contribution in [3.8, 4) is 0 Å². The van der Waals surface area contributed by atoms with E-state index in [4.69, 9.17) is 4.18 Å². The average molecular weight is 311 g/mol. The van der Waals surface area contributed by atoms with Gasteiger partial charge in [0.05, 0.1) is 16.9 Å². The second-order valence-corrected chi connectivity index (χ2v) is 7.56. The summed E-state index contributed by atoms with van der Waals surface area (Å²) in [5, 5.41) is 11.0. The van der Waals surface area contributed by atoms with Crippen LogP contribution < -0.4 is 0 Å². The lowest BCUT2D eigenvalue weighted by Gasteiger charge is -2.24. The van der Waals surface area contributed by atoms with Crippen LogP contribution in [0.2, 0.25) is 0 Å². The van der Waals surface area contributed by atoms with E-state index < -0.39 is 22.3 Å². The Hall–Kier alpha value is -1.47. The third-order valence-electron chi connectivity index (χ3n) is 4.55. The molecule has 0 saturated heterocycles. The van der Waals surface area contributed by atoms with Crippen LogP contribution in [-0.2, 0) is 14.3 Å². The predicted octanol–water partition coefficient (Wildman–Crippen LogP) is 2.14. The Morgan fingerprint density at radius 3 is 2.43 bits per heavy atom. The quantitative estimate of drug-likeness (QED) is 0.483. The van der Waals surface area contributed by atoms with Gasteiger partial charge in [0.15, 0.2) is 0 Å². The molecule has 0 aliphatic heterocycles. The molecule has 6 nitrogen and oxygen atoms in total. The van der Waals surface area contributed by atoms with Gasteiger partial charge in [-0.1, -0.05) is 17.7 Å². The van der Waals surface area contributed by atoms with E-state index in [0.29, 0.717) is 19.3 Å². The number of rotatable bonds is 4. The SMILES string of the molecule is Cc1ccc(S(=O)(=O)O[C@H]2C[C@@H]3C[C@H]2[C@H]([N+](=O)[O-])C3)cc1. The van der Waals surface area contributed by atoms with Gasteiger partial charge in [-0.15, -0.1) is 0 Å². The lowest BCUT2D eigenvalue weighted by atomic mass is 9.93. The summed E-state index contributed by atoms with van der Waals surface area (Å²) in [7, 11) is -3.85. The smallest absolute Gasteiger partial charge is 0.264 e. The fraction of sp³-hybridized carbons (Fsp3) is 0.571. The third-order valence-corrected chi connectivity index (χ3v) is 5.90. The lowest BCUT2D eigenvalue weighted by molar-refractivity contribution is -0.532. The summed E-state index contributed by atoms with van der Waals surface area (Å²) in [6, 6.07) is 5.75. The van der Waals surface area contributed by atoms with E-state index in [2.05, 4.69) is 0 Å². The third kappa shape index (κ3) is 2.67. The van der Waals surface area contributed by atoms with Gasteiger partial charge in [-0.3, -0.25) is 14.3 Å². The van der Waals surface area contributed by atoms with E-state index in [0.717, 1.165) is 5.56 Å². The molecule has 2 aliphatic carbocycles. The van der Waals surface area contributed by atoms with Gasteiger partial charge in [-0.25, -0.2) is 0 Å². The Morgan fingerprint density at radius 2 is 1.86 bits per heavy atom. The molecule has 0 unspecified atom stereocenters. The molecule has 0 aromatic heterocycles. The molecule has 2 aliphatic rings. The summed E-state index contributed by atoms with van der Waals surface area (Å²) >= 11 is 0. The van der Waals surface area contributed by atoms with Gasteiger partial charge in [-0.2, -0.15) is 8.42 Å². The molecule has 1 aromatic rings. The molecule has 7 heteroatoms. The van der Waals surface area contributed by atoms with Gasteiger partial charge in [0.2, 0.25) is 6.04 Å². The number of benzene rings is 1. The van der Waals surface area contributed by atoms with Crippen molar-refractivity contribution in [2.45, 2.75) is 43.2 Å². The number of aryl methyl sites for hydroxylation is 1. The molecule has 3 rings (SSSR count). The summed E-state index contributed by atoms with van der Waals surface area (Å²) < 4.78 is 29.8. The van der Waals surface area contributed by atoms with Crippen molar-refractivity contribution in [1.29, 1.82) is 0 Å². The van der Waals surface area contributed by atoms with Crippen molar-refractivity contribution >= 4 is 10.1 Å². The highest BCUT2D eigenvalue weighted by atomic mass is 32.2. The van der Waals surface area contributed by atoms with E-state index >= 15 is 0 Å². The van der Waals surface area contributed by atoms with Crippen LogP contribution in [0.5, 0.6) is 0 Å². The second kappa shape index (κ2) is 5.06. The van der Waals surface area contributed by atoms with Crippen molar-refractivity contribution in [3.05, 3.63) is 39.9 Å². The Labute approximate surface area is 123 Å². The normalized spacial score (nSPS) is 31.5. The molecule has 0 radical (unpaired) electrons. The number of nitrogens with zero attached hydrogens (tertiary/aromatic N) is 1. The molecule has 2 saturated carbocycles. The topological polar surface area (TPSA) is 86.5 Å². The molecule has 4 atom stereocenters. The summed E-state index contributed by atoms with van der Waals surface area (Å²) in [4.78, 5) is 10.8. The van der Waals surface area contributed by atoms with Gasteiger partial charge in [0, 0.05) is 11.3 Å². The minimum absolute atomic E-state index is 0.105. The fourth-order valence-corrected chi connectivity index (χ4v) is 4.65. The Bertz CT molecular complexity index is 654. The highest BCUT2D eigenvalue weighted by Gasteiger charge is 2.54. The Balaban J connectivity index is 1.77.